The van der Waals surface area contributed by atoms with Gasteiger partial charge in [-0.15, -0.1) is 0 Å². The van der Waals surface area contributed by atoms with Crippen molar-refractivity contribution in [2.45, 2.75) is 13.3 Å². The fourth-order valence-corrected chi connectivity index (χ4v) is 1.74. The van der Waals surface area contributed by atoms with E-state index < -0.39 is 0 Å². The van der Waals surface area contributed by atoms with Gasteiger partial charge < -0.3 is 15.7 Å². The topological polar surface area (TPSA) is 62.4 Å². The highest BCUT2D eigenvalue weighted by Crippen LogP contribution is 2.18. The number of aliphatic hydroxyl groups excluding tert-OH is 1. The fraction of sp³-hybridized carbons (Fsp3) is 0.455. The molecule has 1 aromatic rings. The molecule has 5 heteroatoms. The van der Waals surface area contributed by atoms with Gasteiger partial charge in [0, 0.05) is 19.3 Å². The second kappa shape index (κ2) is 6.40. The number of hydrogen-bond acceptors (Lipinski definition) is 4. The van der Waals surface area contributed by atoms with Crippen LogP contribution in [-0.2, 0) is 0 Å². The number of rotatable bonds is 6. The number of aromatic nitrogens is 1. The molecule has 0 amide bonds. The number of anilines is 1. The summed E-state index contributed by atoms with van der Waals surface area (Å²) >= 11 is 4.96. The maximum absolute atomic E-state index is 9.03. The Labute approximate surface area is 101 Å². The molecule has 4 nitrogen and oxygen atoms in total. The molecule has 0 saturated carbocycles. The maximum atomic E-state index is 9.03. The third-order valence-electron chi connectivity index (χ3n) is 2.22. The van der Waals surface area contributed by atoms with Gasteiger partial charge in [0.05, 0.1) is 12.3 Å². The molecule has 0 unspecified atom stereocenters. The quantitative estimate of drug-likeness (QED) is 0.723. The lowest BCUT2D eigenvalue weighted by Gasteiger charge is -2.24. The molecule has 16 heavy (non-hydrogen) atoms. The minimum absolute atomic E-state index is 0.103. The summed E-state index contributed by atoms with van der Waals surface area (Å²) in [6, 6.07) is 3.77. The zero-order valence-electron chi connectivity index (χ0n) is 9.39. The molecule has 0 aliphatic heterocycles. The van der Waals surface area contributed by atoms with Gasteiger partial charge in [0.2, 0.25) is 0 Å². The Morgan fingerprint density at radius 2 is 2.31 bits per heavy atom. The van der Waals surface area contributed by atoms with Crippen molar-refractivity contribution < 1.29 is 5.11 Å². The van der Waals surface area contributed by atoms with Crippen LogP contribution in [0.3, 0.4) is 0 Å². The third kappa shape index (κ3) is 3.15. The first-order valence-electron chi connectivity index (χ1n) is 5.31. The average molecular weight is 239 g/mol. The summed E-state index contributed by atoms with van der Waals surface area (Å²) < 4.78 is 0. The van der Waals surface area contributed by atoms with Crippen molar-refractivity contribution >= 4 is 22.9 Å². The second-order valence-electron chi connectivity index (χ2n) is 3.45. The molecule has 0 aliphatic carbocycles. The van der Waals surface area contributed by atoms with E-state index in [4.69, 9.17) is 23.1 Å². The lowest BCUT2D eigenvalue weighted by molar-refractivity contribution is 0.302. The van der Waals surface area contributed by atoms with Gasteiger partial charge in [0.15, 0.2) is 0 Å². The van der Waals surface area contributed by atoms with Crippen LogP contribution in [0.4, 0.5) is 5.69 Å². The predicted octanol–water partition coefficient (Wildman–Crippen LogP) is 0.925. The molecule has 0 fully saturated rings. The summed E-state index contributed by atoms with van der Waals surface area (Å²) in [7, 11) is 0. The standard InChI is InChI=1S/C11H17N3OS/c1-2-6-14(7-8-15)9-4-3-5-13-10(9)11(12)16/h3-5,15H,2,6-8H2,1H3,(H2,12,16). The SMILES string of the molecule is CCCN(CCO)c1cccnc1C(N)=S. The Morgan fingerprint density at radius 1 is 1.56 bits per heavy atom. The van der Waals surface area contributed by atoms with Crippen LogP contribution in [0, 0.1) is 0 Å². The molecule has 0 saturated heterocycles. The summed E-state index contributed by atoms with van der Waals surface area (Å²) in [5, 5.41) is 9.03. The number of pyridine rings is 1. The van der Waals surface area contributed by atoms with Crippen LogP contribution in [0.1, 0.15) is 19.0 Å². The highest BCUT2D eigenvalue weighted by molar-refractivity contribution is 7.80. The van der Waals surface area contributed by atoms with Crippen LogP contribution in [0.2, 0.25) is 0 Å². The zero-order valence-corrected chi connectivity index (χ0v) is 10.2. The fourth-order valence-electron chi connectivity index (χ4n) is 1.59. The van der Waals surface area contributed by atoms with E-state index in [9.17, 15) is 0 Å². The van der Waals surface area contributed by atoms with Crippen LogP contribution in [0.5, 0.6) is 0 Å². The Balaban J connectivity index is 3.02. The predicted molar refractivity (Wildman–Crippen MR) is 69.7 cm³/mol. The Kier molecular flexibility index (Phi) is 5.14. The van der Waals surface area contributed by atoms with Crippen LogP contribution < -0.4 is 10.6 Å². The maximum Gasteiger partial charge on any atom is 0.124 e. The number of thiocarbonyl (C=S) groups is 1. The molecule has 88 valence electrons. The van der Waals surface area contributed by atoms with Crippen molar-refractivity contribution in [1.29, 1.82) is 0 Å². The van der Waals surface area contributed by atoms with Crippen LogP contribution in [0.25, 0.3) is 0 Å². The third-order valence-corrected chi connectivity index (χ3v) is 2.42. The Morgan fingerprint density at radius 3 is 2.88 bits per heavy atom. The van der Waals surface area contributed by atoms with Crippen LogP contribution in [0.15, 0.2) is 18.3 Å². The van der Waals surface area contributed by atoms with Crippen LogP contribution >= 0.6 is 12.2 Å². The van der Waals surface area contributed by atoms with Gasteiger partial charge in [-0.1, -0.05) is 19.1 Å². The molecule has 1 rings (SSSR count). The van der Waals surface area contributed by atoms with Gasteiger partial charge >= 0.3 is 0 Å². The Bertz CT molecular complexity index is 351. The number of hydrogen-bond donors (Lipinski definition) is 2. The largest absolute Gasteiger partial charge is 0.395 e. The van der Waals surface area contributed by atoms with E-state index >= 15 is 0 Å². The molecular weight excluding hydrogens is 222 g/mol. The average Bonchev–Trinajstić information content (AvgIpc) is 2.29. The minimum atomic E-state index is 0.103. The van der Waals surface area contributed by atoms with Gasteiger partial charge in [0.25, 0.3) is 0 Å². The number of nitrogens with two attached hydrogens (primary N) is 1. The minimum Gasteiger partial charge on any atom is -0.395 e. The molecule has 0 atom stereocenters. The molecular formula is C11H17N3OS. The molecule has 0 spiro atoms. The van der Waals surface area contributed by atoms with Gasteiger partial charge in [-0.2, -0.15) is 0 Å². The molecule has 0 aromatic carbocycles. The summed E-state index contributed by atoms with van der Waals surface area (Å²) in [5.41, 5.74) is 7.14. The summed E-state index contributed by atoms with van der Waals surface area (Å²) in [6.45, 7) is 3.60. The molecule has 3 N–H and O–H groups in total. The zero-order chi connectivity index (χ0) is 12.0. The van der Waals surface area contributed by atoms with Crippen molar-refractivity contribution in [1.82, 2.24) is 4.98 Å². The van der Waals surface area contributed by atoms with E-state index in [1.54, 1.807) is 6.20 Å². The monoisotopic (exact) mass is 239 g/mol. The van der Waals surface area contributed by atoms with Crippen molar-refractivity contribution in [3.05, 3.63) is 24.0 Å². The molecule has 0 aliphatic rings. The van der Waals surface area contributed by atoms with E-state index in [-0.39, 0.29) is 11.6 Å². The van der Waals surface area contributed by atoms with E-state index in [1.165, 1.54) is 0 Å². The normalized spacial score (nSPS) is 10.1. The lowest BCUT2D eigenvalue weighted by atomic mass is 10.2. The summed E-state index contributed by atoms with van der Waals surface area (Å²) in [5.74, 6) is 0. The lowest BCUT2D eigenvalue weighted by Crippen LogP contribution is -2.30. The summed E-state index contributed by atoms with van der Waals surface area (Å²) in [4.78, 5) is 6.50. The van der Waals surface area contributed by atoms with Gasteiger partial charge in [-0.25, -0.2) is 0 Å². The van der Waals surface area contributed by atoms with Crippen molar-refractivity contribution in [2.24, 2.45) is 5.73 Å². The van der Waals surface area contributed by atoms with E-state index in [0.717, 1.165) is 18.7 Å². The highest BCUT2D eigenvalue weighted by Gasteiger charge is 2.12. The number of nitrogens with zero attached hydrogens (tertiary/aromatic N) is 2. The molecule has 0 bridgehead atoms. The van der Waals surface area contributed by atoms with Crippen LogP contribution in [-0.4, -0.2) is 34.8 Å². The van der Waals surface area contributed by atoms with Crippen molar-refractivity contribution in [3.8, 4) is 0 Å². The summed E-state index contributed by atoms with van der Waals surface area (Å²) in [6.07, 6.45) is 2.66. The van der Waals surface area contributed by atoms with Crippen molar-refractivity contribution in [3.63, 3.8) is 0 Å². The highest BCUT2D eigenvalue weighted by atomic mass is 32.1. The Hall–Kier alpha value is -1.20. The van der Waals surface area contributed by atoms with E-state index in [0.29, 0.717) is 12.2 Å². The molecule has 1 heterocycles. The van der Waals surface area contributed by atoms with Crippen molar-refractivity contribution in [2.75, 3.05) is 24.6 Å². The van der Waals surface area contributed by atoms with E-state index in [2.05, 4.69) is 11.9 Å². The molecule has 1 aromatic heterocycles. The van der Waals surface area contributed by atoms with Gasteiger partial charge in [0.1, 0.15) is 10.7 Å². The van der Waals surface area contributed by atoms with Gasteiger partial charge in [-0.3, -0.25) is 4.98 Å². The first-order valence-corrected chi connectivity index (χ1v) is 5.72. The van der Waals surface area contributed by atoms with E-state index in [1.807, 2.05) is 17.0 Å². The van der Waals surface area contributed by atoms with Gasteiger partial charge in [-0.05, 0) is 18.6 Å². The second-order valence-corrected chi connectivity index (χ2v) is 3.89. The number of aliphatic hydroxyl groups is 1. The first kappa shape index (κ1) is 12.9. The first-order chi connectivity index (χ1) is 7.70. The molecule has 0 radical (unpaired) electrons. The smallest absolute Gasteiger partial charge is 0.124 e.